The Kier molecular flexibility index (Phi) is 5.74. The molecule has 0 aliphatic rings. The number of hydrogen-bond acceptors (Lipinski definition) is 4. The molecule has 0 spiro atoms. The highest BCUT2D eigenvalue weighted by Crippen LogP contribution is 2.15. The van der Waals surface area contributed by atoms with E-state index >= 15 is 0 Å². The van der Waals surface area contributed by atoms with Gasteiger partial charge >= 0.3 is 5.97 Å². The lowest BCUT2D eigenvalue weighted by atomic mass is 10.1. The summed E-state index contributed by atoms with van der Waals surface area (Å²) in [6, 6.07) is 6.96. The highest BCUT2D eigenvalue weighted by Gasteiger charge is 2.16. The Balaban J connectivity index is 2.38. The predicted molar refractivity (Wildman–Crippen MR) is 77.0 cm³/mol. The summed E-state index contributed by atoms with van der Waals surface area (Å²) in [5.74, 6) is 0.478. The Morgan fingerprint density at radius 1 is 1.05 bits per heavy atom. The van der Waals surface area contributed by atoms with Crippen LogP contribution < -0.4 is 4.74 Å². The van der Waals surface area contributed by atoms with Crippen LogP contribution in [0.25, 0.3) is 0 Å². The van der Waals surface area contributed by atoms with E-state index in [0.29, 0.717) is 18.4 Å². The molecule has 110 valence electrons. The van der Waals surface area contributed by atoms with E-state index in [-0.39, 0.29) is 18.2 Å². The average molecular weight is 278 g/mol. The van der Waals surface area contributed by atoms with Crippen molar-refractivity contribution >= 4 is 11.8 Å². The van der Waals surface area contributed by atoms with Crippen LogP contribution in [0.2, 0.25) is 0 Å². The van der Waals surface area contributed by atoms with Crippen molar-refractivity contribution in [1.29, 1.82) is 0 Å². The van der Waals surface area contributed by atoms with Crippen molar-refractivity contribution in [3.05, 3.63) is 29.8 Å². The molecule has 0 saturated heterocycles. The predicted octanol–water partition coefficient (Wildman–Crippen LogP) is 3.39. The SMILES string of the molecule is COc1ccc(C(=O)CCCC(=O)OC(C)(C)C)cc1. The Morgan fingerprint density at radius 2 is 1.65 bits per heavy atom. The third kappa shape index (κ3) is 5.87. The normalized spacial score (nSPS) is 11.0. The summed E-state index contributed by atoms with van der Waals surface area (Å²) >= 11 is 0. The first-order chi connectivity index (χ1) is 9.31. The van der Waals surface area contributed by atoms with Crippen LogP contribution in [0.15, 0.2) is 24.3 Å². The minimum atomic E-state index is -0.475. The Bertz CT molecular complexity index is 454. The summed E-state index contributed by atoms with van der Waals surface area (Å²) in [5.41, 5.74) is 0.159. The van der Waals surface area contributed by atoms with Gasteiger partial charge in [0, 0.05) is 18.4 Å². The molecule has 0 saturated carbocycles. The molecule has 1 aromatic rings. The van der Waals surface area contributed by atoms with Gasteiger partial charge in [-0.3, -0.25) is 9.59 Å². The van der Waals surface area contributed by atoms with E-state index in [4.69, 9.17) is 9.47 Å². The first-order valence-corrected chi connectivity index (χ1v) is 6.71. The van der Waals surface area contributed by atoms with Crippen LogP contribution in [0.3, 0.4) is 0 Å². The molecule has 20 heavy (non-hydrogen) atoms. The van der Waals surface area contributed by atoms with Gasteiger partial charge in [0.15, 0.2) is 5.78 Å². The minimum Gasteiger partial charge on any atom is -0.497 e. The topological polar surface area (TPSA) is 52.6 Å². The fraction of sp³-hybridized carbons (Fsp3) is 0.500. The number of carbonyl (C=O) groups excluding carboxylic acids is 2. The number of ketones is 1. The van der Waals surface area contributed by atoms with Gasteiger partial charge in [-0.15, -0.1) is 0 Å². The van der Waals surface area contributed by atoms with Crippen molar-refractivity contribution < 1.29 is 19.1 Å². The van der Waals surface area contributed by atoms with E-state index in [1.807, 2.05) is 20.8 Å². The summed E-state index contributed by atoms with van der Waals surface area (Å²) in [7, 11) is 1.58. The van der Waals surface area contributed by atoms with E-state index < -0.39 is 5.60 Å². The highest BCUT2D eigenvalue weighted by molar-refractivity contribution is 5.96. The zero-order valence-corrected chi connectivity index (χ0v) is 12.6. The summed E-state index contributed by atoms with van der Waals surface area (Å²) < 4.78 is 10.2. The van der Waals surface area contributed by atoms with Crippen molar-refractivity contribution in [1.82, 2.24) is 0 Å². The maximum absolute atomic E-state index is 11.9. The quantitative estimate of drug-likeness (QED) is 0.591. The van der Waals surface area contributed by atoms with Gasteiger partial charge in [-0.2, -0.15) is 0 Å². The van der Waals surface area contributed by atoms with Crippen molar-refractivity contribution in [3.8, 4) is 5.75 Å². The molecule has 4 nitrogen and oxygen atoms in total. The largest absolute Gasteiger partial charge is 0.497 e. The average Bonchev–Trinajstić information content (AvgIpc) is 2.36. The van der Waals surface area contributed by atoms with E-state index in [1.54, 1.807) is 31.4 Å². The van der Waals surface area contributed by atoms with Crippen LogP contribution in [-0.4, -0.2) is 24.5 Å². The molecular formula is C16H22O4. The molecule has 0 fully saturated rings. The number of ether oxygens (including phenoxy) is 2. The first-order valence-electron chi connectivity index (χ1n) is 6.71. The number of hydrogen-bond donors (Lipinski definition) is 0. The van der Waals surface area contributed by atoms with Crippen LogP contribution in [0.1, 0.15) is 50.4 Å². The van der Waals surface area contributed by atoms with Gasteiger partial charge in [0.25, 0.3) is 0 Å². The fourth-order valence-electron chi connectivity index (χ4n) is 1.71. The van der Waals surface area contributed by atoms with E-state index in [2.05, 4.69) is 0 Å². The van der Waals surface area contributed by atoms with Crippen LogP contribution in [0, 0.1) is 0 Å². The van der Waals surface area contributed by atoms with Gasteiger partial charge in [0.05, 0.1) is 7.11 Å². The maximum Gasteiger partial charge on any atom is 0.306 e. The monoisotopic (exact) mass is 278 g/mol. The molecule has 0 aliphatic heterocycles. The number of rotatable bonds is 6. The van der Waals surface area contributed by atoms with Crippen molar-refractivity contribution in [2.24, 2.45) is 0 Å². The molecule has 0 bridgehead atoms. The highest BCUT2D eigenvalue weighted by atomic mass is 16.6. The second kappa shape index (κ2) is 7.08. The van der Waals surface area contributed by atoms with Gasteiger partial charge in [-0.25, -0.2) is 0 Å². The lowest BCUT2D eigenvalue weighted by molar-refractivity contribution is -0.154. The lowest BCUT2D eigenvalue weighted by Crippen LogP contribution is -2.23. The third-order valence-corrected chi connectivity index (χ3v) is 2.62. The molecule has 0 atom stereocenters. The van der Waals surface area contributed by atoms with Crippen LogP contribution >= 0.6 is 0 Å². The van der Waals surface area contributed by atoms with Crippen molar-refractivity contribution in [3.63, 3.8) is 0 Å². The molecule has 1 aromatic carbocycles. The van der Waals surface area contributed by atoms with Crippen LogP contribution in [0.5, 0.6) is 5.75 Å². The second-order valence-electron chi connectivity index (χ2n) is 5.59. The Labute approximate surface area is 120 Å². The molecule has 0 unspecified atom stereocenters. The van der Waals surface area contributed by atoms with Gasteiger partial charge < -0.3 is 9.47 Å². The number of methoxy groups -OCH3 is 1. The molecule has 0 heterocycles. The molecule has 0 aromatic heterocycles. The summed E-state index contributed by atoms with van der Waals surface area (Å²) in [6.07, 6.45) is 1.10. The lowest BCUT2D eigenvalue weighted by Gasteiger charge is -2.19. The molecule has 0 aliphatic carbocycles. The standard InChI is InChI=1S/C16H22O4/c1-16(2,3)20-15(18)7-5-6-14(17)12-8-10-13(19-4)11-9-12/h8-11H,5-7H2,1-4H3. The third-order valence-electron chi connectivity index (χ3n) is 2.62. The van der Waals surface area contributed by atoms with Crippen molar-refractivity contribution in [2.45, 2.75) is 45.6 Å². The second-order valence-corrected chi connectivity index (χ2v) is 5.59. The fourth-order valence-corrected chi connectivity index (χ4v) is 1.71. The molecule has 0 amide bonds. The zero-order chi connectivity index (χ0) is 15.2. The van der Waals surface area contributed by atoms with Gasteiger partial charge in [-0.05, 0) is 51.5 Å². The molecule has 0 radical (unpaired) electrons. The maximum atomic E-state index is 11.9. The van der Waals surface area contributed by atoms with Crippen LogP contribution in [0.4, 0.5) is 0 Å². The molecule has 0 N–H and O–H groups in total. The summed E-state index contributed by atoms with van der Waals surface area (Å²) in [4.78, 5) is 23.4. The molecule has 1 rings (SSSR count). The Hall–Kier alpha value is -1.84. The zero-order valence-electron chi connectivity index (χ0n) is 12.6. The van der Waals surface area contributed by atoms with E-state index in [0.717, 1.165) is 5.75 Å². The van der Waals surface area contributed by atoms with Gasteiger partial charge in [-0.1, -0.05) is 0 Å². The molecular weight excluding hydrogens is 256 g/mol. The number of esters is 1. The first kappa shape index (κ1) is 16.2. The van der Waals surface area contributed by atoms with E-state index in [1.165, 1.54) is 0 Å². The van der Waals surface area contributed by atoms with E-state index in [9.17, 15) is 9.59 Å². The summed E-state index contributed by atoms with van der Waals surface area (Å²) in [5, 5.41) is 0. The van der Waals surface area contributed by atoms with Crippen molar-refractivity contribution in [2.75, 3.05) is 7.11 Å². The summed E-state index contributed by atoms with van der Waals surface area (Å²) in [6.45, 7) is 5.48. The number of carbonyl (C=O) groups is 2. The van der Waals surface area contributed by atoms with Gasteiger partial charge in [0.1, 0.15) is 11.4 Å². The van der Waals surface area contributed by atoms with Gasteiger partial charge in [0.2, 0.25) is 0 Å². The molecule has 4 heteroatoms. The minimum absolute atomic E-state index is 0.0243. The Morgan fingerprint density at radius 3 is 2.15 bits per heavy atom. The smallest absolute Gasteiger partial charge is 0.306 e. The number of benzene rings is 1. The van der Waals surface area contributed by atoms with Crippen LogP contribution in [-0.2, 0) is 9.53 Å². The number of Topliss-reactive ketones (excluding diaryl/α,β-unsaturated/α-hetero) is 1.